The van der Waals surface area contributed by atoms with Gasteiger partial charge in [0, 0.05) is 0 Å². The first-order chi connectivity index (χ1) is 20.3. The lowest BCUT2D eigenvalue weighted by atomic mass is 10.2. The fraction of sp³-hybridized carbons (Fsp3) is 0.286. The van der Waals surface area contributed by atoms with Crippen LogP contribution in [0, 0.1) is 13.8 Å². The number of benzene rings is 2. The quantitative estimate of drug-likeness (QED) is 0.185. The van der Waals surface area contributed by atoms with Crippen LogP contribution in [-0.2, 0) is 0 Å². The van der Waals surface area contributed by atoms with E-state index in [-0.39, 0.29) is 12.1 Å². The molecule has 0 aliphatic carbocycles. The second-order valence-electron chi connectivity index (χ2n) is 10.4. The lowest BCUT2D eigenvalue weighted by Crippen LogP contribution is -2.04. The molecule has 4 heterocycles. The van der Waals surface area contributed by atoms with Crippen molar-refractivity contribution in [3.63, 3.8) is 0 Å². The predicted molar refractivity (Wildman–Crippen MR) is 163 cm³/mol. The predicted octanol–water partition coefficient (Wildman–Crippen LogP) is 5.94. The molecule has 0 N–H and O–H groups in total. The summed E-state index contributed by atoms with van der Waals surface area (Å²) in [5.74, 6) is 1.03. The molecule has 42 heavy (non-hydrogen) atoms. The smallest absolute Gasteiger partial charge is 0.209 e. The van der Waals surface area contributed by atoms with Gasteiger partial charge in [-0.15, -0.1) is 20.4 Å². The fourth-order valence-corrected chi connectivity index (χ4v) is 6.57. The van der Waals surface area contributed by atoms with Crippen LogP contribution in [0.1, 0.15) is 50.9 Å². The lowest BCUT2D eigenvalue weighted by molar-refractivity contribution is 0.455. The van der Waals surface area contributed by atoms with E-state index in [1.54, 1.807) is 43.6 Å². The zero-order valence-corrected chi connectivity index (χ0v) is 25.7. The van der Waals surface area contributed by atoms with E-state index in [0.717, 1.165) is 32.6 Å². The molecule has 0 amide bonds. The minimum atomic E-state index is 0.0852. The molecular weight excluding hydrogens is 569 g/mol. The SMILES string of the molecule is Cc1ccc(-n2ncc(-c3nnn(C(C)C)n3)c2SSc2c(-c3nnn(C(C)C)n3)cnn2-c2ccc(C)cc2)cc1. The summed E-state index contributed by atoms with van der Waals surface area (Å²) in [5.41, 5.74) is 5.77. The first-order valence-electron chi connectivity index (χ1n) is 13.5. The minimum absolute atomic E-state index is 0.0852. The van der Waals surface area contributed by atoms with Crippen LogP contribution in [-0.4, -0.2) is 60.0 Å². The van der Waals surface area contributed by atoms with Gasteiger partial charge in [0.2, 0.25) is 11.6 Å². The van der Waals surface area contributed by atoms with Gasteiger partial charge in [0.05, 0.1) is 47.0 Å². The van der Waals surface area contributed by atoms with E-state index in [2.05, 4.69) is 93.2 Å². The monoisotopic (exact) mass is 598 g/mol. The Kier molecular flexibility index (Phi) is 7.64. The minimum Gasteiger partial charge on any atom is -0.226 e. The van der Waals surface area contributed by atoms with Gasteiger partial charge < -0.3 is 0 Å². The molecule has 0 saturated carbocycles. The van der Waals surface area contributed by atoms with E-state index in [0.29, 0.717) is 11.6 Å². The van der Waals surface area contributed by atoms with Crippen LogP contribution in [0.3, 0.4) is 0 Å². The van der Waals surface area contributed by atoms with Crippen molar-refractivity contribution in [2.45, 2.75) is 63.7 Å². The largest absolute Gasteiger partial charge is 0.226 e. The van der Waals surface area contributed by atoms with Crippen molar-refractivity contribution in [3.8, 4) is 34.2 Å². The number of hydrogen-bond acceptors (Lipinski definition) is 10. The molecule has 6 aromatic rings. The number of tetrazole rings is 2. The van der Waals surface area contributed by atoms with Crippen molar-refractivity contribution in [2.24, 2.45) is 0 Å². The van der Waals surface area contributed by atoms with Gasteiger partial charge in [-0.25, -0.2) is 9.36 Å². The summed E-state index contributed by atoms with van der Waals surface area (Å²) in [5, 5.41) is 37.7. The van der Waals surface area contributed by atoms with Gasteiger partial charge in [-0.2, -0.15) is 19.8 Å². The summed E-state index contributed by atoms with van der Waals surface area (Å²) < 4.78 is 3.81. The van der Waals surface area contributed by atoms with Gasteiger partial charge in [-0.3, -0.25) is 0 Å². The standard InChI is InChI=1S/C28H30N12S2/c1-17(2)39-33-25(31-35-39)23-15-29-37(21-11-7-19(5)8-12-21)27(23)41-42-28-24(26-32-36-40(34-26)18(3)4)16-30-38(28)22-13-9-20(6)10-14-22/h7-18H,1-6H3. The molecule has 0 fully saturated rings. The van der Waals surface area contributed by atoms with Crippen LogP contribution >= 0.6 is 21.6 Å². The molecule has 2 aromatic carbocycles. The molecule has 214 valence electrons. The number of rotatable bonds is 9. The third-order valence-corrected chi connectivity index (χ3v) is 8.85. The second-order valence-corrected chi connectivity index (χ2v) is 12.5. The molecule has 0 atom stereocenters. The van der Waals surface area contributed by atoms with Crippen molar-refractivity contribution in [1.82, 2.24) is 60.0 Å². The Labute approximate surface area is 250 Å². The van der Waals surface area contributed by atoms with Crippen LogP contribution in [0.5, 0.6) is 0 Å². The van der Waals surface area contributed by atoms with Crippen molar-refractivity contribution >= 4 is 21.6 Å². The Morgan fingerprint density at radius 2 is 0.952 bits per heavy atom. The Hall–Kier alpha value is -4.30. The fourth-order valence-electron chi connectivity index (χ4n) is 4.06. The summed E-state index contributed by atoms with van der Waals surface area (Å²) in [4.78, 5) is 3.21. The molecular formula is C28H30N12S2. The zero-order valence-electron chi connectivity index (χ0n) is 24.1. The summed E-state index contributed by atoms with van der Waals surface area (Å²) >= 11 is 0. The summed E-state index contributed by atoms with van der Waals surface area (Å²) in [6.45, 7) is 12.2. The van der Waals surface area contributed by atoms with Gasteiger partial charge in [-0.1, -0.05) is 35.4 Å². The highest BCUT2D eigenvalue weighted by atomic mass is 33.1. The van der Waals surface area contributed by atoms with Crippen LogP contribution in [0.15, 0.2) is 71.0 Å². The van der Waals surface area contributed by atoms with Crippen molar-refractivity contribution in [1.29, 1.82) is 0 Å². The molecule has 6 rings (SSSR count). The molecule has 12 nitrogen and oxygen atoms in total. The number of aryl methyl sites for hydroxylation is 2. The molecule has 0 bridgehead atoms. The molecule has 0 saturated heterocycles. The first kappa shape index (κ1) is 27.8. The molecule has 0 radical (unpaired) electrons. The van der Waals surface area contributed by atoms with Crippen molar-refractivity contribution in [2.75, 3.05) is 0 Å². The maximum atomic E-state index is 4.75. The molecule has 0 aliphatic rings. The van der Waals surface area contributed by atoms with E-state index in [1.807, 2.05) is 37.1 Å². The van der Waals surface area contributed by atoms with E-state index < -0.39 is 0 Å². The normalized spacial score (nSPS) is 11.7. The topological polar surface area (TPSA) is 123 Å². The van der Waals surface area contributed by atoms with Gasteiger partial charge in [0.15, 0.2) is 0 Å². The molecule has 0 aliphatic heterocycles. The van der Waals surface area contributed by atoms with Gasteiger partial charge in [0.1, 0.15) is 10.1 Å². The third kappa shape index (κ3) is 5.46. The Morgan fingerprint density at radius 1 is 0.571 bits per heavy atom. The second kappa shape index (κ2) is 11.5. The van der Waals surface area contributed by atoms with Crippen molar-refractivity contribution in [3.05, 3.63) is 72.1 Å². The highest BCUT2D eigenvalue weighted by Crippen LogP contribution is 2.45. The van der Waals surface area contributed by atoms with Gasteiger partial charge in [0.25, 0.3) is 0 Å². The third-order valence-electron chi connectivity index (χ3n) is 6.47. The molecule has 4 aromatic heterocycles. The maximum Gasteiger partial charge on any atom is 0.209 e. The highest BCUT2D eigenvalue weighted by Gasteiger charge is 2.24. The van der Waals surface area contributed by atoms with E-state index in [4.69, 9.17) is 10.2 Å². The van der Waals surface area contributed by atoms with Crippen molar-refractivity contribution < 1.29 is 0 Å². The summed E-state index contributed by atoms with van der Waals surface area (Å²) in [6, 6.07) is 16.7. The number of aromatic nitrogens is 12. The summed E-state index contributed by atoms with van der Waals surface area (Å²) in [7, 11) is 3.08. The van der Waals surface area contributed by atoms with E-state index in [9.17, 15) is 0 Å². The van der Waals surface area contributed by atoms with Gasteiger partial charge in [-0.05, 0) is 97.8 Å². The lowest BCUT2D eigenvalue weighted by Gasteiger charge is -2.11. The van der Waals surface area contributed by atoms with E-state index in [1.165, 1.54) is 11.1 Å². The van der Waals surface area contributed by atoms with Gasteiger partial charge >= 0.3 is 0 Å². The van der Waals surface area contributed by atoms with Crippen LogP contribution in [0.2, 0.25) is 0 Å². The molecule has 0 unspecified atom stereocenters. The Bertz CT molecular complexity index is 1680. The Balaban J connectivity index is 1.44. The van der Waals surface area contributed by atoms with Crippen LogP contribution in [0.25, 0.3) is 34.2 Å². The maximum absolute atomic E-state index is 4.75. The molecule has 14 heteroatoms. The Morgan fingerprint density at radius 3 is 1.29 bits per heavy atom. The average Bonchev–Trinajstić information content (AvgIpc) is 3.78. The van der Waals surface area contributed by atoms with Crippen LogP contribution in [0.4, 0.5) is 0 Å². The number of hydrogen-bond donors (Lipinski definition) is 0. The number of nitrogens with zero attached hydrogens (tertiary/aromatic N) is 12. The van der Waals surface area contributed by atoms with Crippen LogP contribution < -0.4 is 0 Å². The average molecular weight is 599 g/mol. The zero-order chi connectivity index (χ0) is 29.4. The molecule has 0 spiro atoms. The highest BCUT2D eigenvalue weighted by molar-refractivity contribution is 8.76. The first-order valence-corrected chi connectivity index (χ1v) is 15.7. The van der Waals surface area contributed by atoms with E-state index >= 15 is 0 Å². The summed E-state index contributed by atoms with van der Waals surface area (Å²) in [6.07, 6.45) is 3.58.